The minimum absolute atomic E-state index is 0.116. The normalized spacial score (nSPS) is 17.6. The molecule has 6 nitrogen and oxygen atoms in total. The first-order valence-corrected chi connectivity index (χ1v) is 7.56. The highest BCUT2D eigenvalue weighted by Gasteiger charge is 2.24. The Bertz CT molecular complexity index is 529. The second kappa shape index (κ2) is 5.43. The van der Waals surface area contributed by atoms with Gasteiger partial charge < -0.3 is 9.84 Å². The van der Waals surface area contributed by atoms with Crippen molar-refractivity contribution in [2.24, 2.45) is 0 Å². The van der Waals surface area contributed by atoms with Gasteiger partial charge in [-0.2, -0.15) is 12.7 Å². The fourth-order valence-corrected chi connectivity index (χ4v) is 3.14. The quantitative estimate of drug-likeness (QED) is 0.811. The summed E-state index contributed by atoms with van der Waals surface area (Å²) >= 11 is 3.22. The Hall–Kier alpha value is -0.830. The predicted molar refractivity (Wildman–Crippen MR) is 70.7 cm³/mol. The number of anilines is 1. The molecule has 1 saturated heterocycles. The molecule has 8 heteroatoms. The zero-order valence-electron chi connectivity index (χ0n) is 9.47. The van der Waals surface area contributed by atoms with E-state index < -0.39 is 10.2 Å². The molecule has 1 fully saturated rings. The lowest BCUT2D eigenvalue weighted by Crippen LogP contribution is -2.43. The van der Waals surface area contributed by atoms with E-state index in [1.54, 1.807) is 6.07 Å². The second-order valence-electron chi connectivity index (χ2n) is 3.78. The molecule has 100 valence electrons. The average Bonchev–Trinajstić information content (AvgIpc) is 2.35. The molecule has 1 aromatic rings. The third-order valence-corrected chi connectivity index (χ3v) is 4.52. The summed E-state index contributed by atoms with van der Waals surface area (Å²) in [4.78, 5) is 0. The van der Waals surface area contributed by atoms with Gasteiger partial charge >= 0.3 is 10.2 Å². The summed E-state index contributed by atoms with van der Waals surface area (Å²) in [6, 6.07) is 4.55. The van der Waals surface area contributed by atoms with E-state index in [-0.39, 0.29) is 11.4 Å². The fourth-order valence-electron chi connectivity index (χ4n) is 1.58. The summed E-state index contributed by atoms with van der Waals surface area (Å²) in [5.74, 6) is -0.116. The smallest absolute Gasteiger partial charge is 0.301 e. The van der Waals surface area contributed by atoms with Crippen LogP contribution >= 0.6 is 15.9 Å². The van der Waals surface area contributed by atoms with Crippen molar-refractivity contribution in [2.75, 3.05) is 31.0 Å². The first-order valence-electron chi connectivity index (χ1n) is 5.33. The number of ether oxygens (including phenoxy) is 1. The Morgan fingerprint density at radius 1 is 1.33 bits per heavy atom. The molecule has 1 aromatic carbocycles. The molecular formula is C10H13BrN2O4S. The van der Waals surface area contributed by atoms with E-state index in [1.165, 1.54) is 16.4 Å². The summed E-state index contributed by atoms with van der Waals surface area (Å²) in [7, 11) is -3.65. The number of benzene rings is 1. The van der Waals surface area contributed by atoms with Crippen molar-refractivity contribution in [1.82, 2.24) is 4.31 Å². The Morgan fingerprint density at radius 3 is 2.67 bits per heavy atom. The Morgan fingerprint density at radius 2 is 2.00 bits per heavy atom. The van der Waals surface area contributed by atoms with Crippen LogP contribution in [-0.4, -0.2) is 44.1 Å². The summed E-state index contributed by atoms with van der Waals surface area (Å²) in [6.45, 7) is 1.38. The van der Waals surface area contributed by atoms with Crippen molar-refractivity contribution in [3.05, 3.63) is 22.7 Å². The van der Waals surface area contributed by atoms with Gasteiger partial charge in [0.2, 0.25) is 0 Å². The van der Waals surface area contributed by atoms with Gasteiger partial charge in [-0.15, -0.1) is 0 Å². The SMILES string of the molecule is O=S(=O)(Nc1cc(Br)ccc1O)N1CCOCC1. The lowest BCUT2D eigenvalue weighted by Gasteiger charge is -2.26. The second-order valence-corrected chi connectivity index (χ2v) is 6.37. The van der Waals surface area contributed by atoms with E-state index in [1.807, 2.05) is 0 Å². The molecule has 0 atom stereocenters. The molecule has 0 radical (unpaired) electrons. The van der Waals surface area contributed by atoms with E-state index in [0.29, 0.717) is 30.8 Å². The number of hydrogen-bond donors (Lipinski definition) is 2. The van der Waals surface area contributed by atoms with Crippen LogP contribution in [0.4, 0.5) is 5.69 Å². The number of phenols is 1. The topological polar surface area (TPSA) is 78.9 Å². The zero-order chi connectivity index (χ0) is 13.2. The largest absolute Gasteiger partial charge is 0.506 e. The number of phenolic OH excluding ortho intramolecular Hbond substituents is 1. The highest BCUT2D eigenvalue weighted by Crippen LogP contribution is 2.28. The minimum Gasteiger partial charge on any atom is -0.506 e. The minimum atomic E-state index is -3.65. The van der Waals surface area contributed by atoms with Crippen molar-refractivity contribution < 1.29 is 18.3 Å². The van der Waals surface area contributed by atoms with Crippen molar-refractivity contribution in [3.63, 3.8) is 0 Å². The number of aromatic hydroxyl groups is 1. The van der Waals surface area contributed by atoms with Crippen LogP contribution in [0.25, 0.3) is 0 Å². The van der Waals surface area contributed by atoms with Crippen LogP contribution in [0.2, 0.25) is 0 Å². The van der Waals surface area contributed by atoms with Crippen LogP contribution in [-0.2, 0) is 14.9 Å². The van der Waals surface area contributed by atoms with Gasteiger partial charge in [0.25, 0.3) is 0 Å². The third-order valence-electron chi connectivity index (χ3n) is 2.51. The molecule has 0 amide bonds. The van der Waals surface area contributed by atoms with Gasteiger partial charge in [-0.05, 0) is 18.2 Å². The molecular weight excluding hydrogens is 324 g/mol. The molecule has 1 aliphatic heterocycles. The van der Waals surface area contributed by atoms with E-state index in [0.717, 1.165) is 0 Å². The van der Waals surface area contributed by atoms with Crippen molar-refractivity contribution in [3.8, 4) is 5.75 Å². The molecule has 2 N–H and O–H groups in total. The first-order chi connectivity index (χ1) is 8.49. The molecule has 1 aliphatic rings. The molecule has 1 heterocycles. The number of hydrogen-bond acceptors (Lipinski definition) is 4. The summed E-state index contributed by atoms with van der Waals surface area (Å²) in [5, 5.41) is 9.61. The van der Waals surface area contributed by atoms with Gasteiger partial charge in [0.1, 0.15) is 5.75 Å². The highest BCUT2D eigenvalue weighted by atomic mass is 79.9. The maximum Gasteiger partial charge on any atom is 0.301 e. The van der Waals surface area contributed by atoms with Crippen molar-refractivity contribution in [2.45, 2.75) is 0 Å². The molecule has 2 rings (SSSR count). The van der Waals surface area contributed by atoms with Crippen LogP contribution in [0, 0.1) is 0 Å². The number of morpholine rings is 1. The van der Waals surface area contributed by atoms with Gasteiger partial charge in [0.15, 0.2) is 0 Å². The Kier molecular flexibility index (Phi) is 4.10. The molecule has 0 aliphatic carbocycles. The van der Waals surface area contributed by atoms with Crippen LogP contribution in [0.15, 0.2) is 22.7 Å². The summed E-state index contributed by atoms with van der Waals surface area (Å²) < 4.78 is 33.5. The number of nitrogens with one attached hydrogen (secondary N) is 1. The third kappa shape index (κ3) is 3.14. The lowest BCUT2D eigenvalue weighted by molar-refractivity contribution is 0.0733. The van der Waals surface area contributed by atoms with Crippen LogP contribution in [0.1, 0.15) is 0 Å². The van der Waals surface area contributed by atoms with E-state index >= 15 is 0 Å². The summed E-state index contributed by atoms with van der Waals surface area (Å²) in [5.41, 5.74) is 0.149. The molecule has 0 unspecified atom stereocenters. The van der Waals surface area contributed by atoms with Crippen molar-refractivity contribution >= 4 is 31.8 Å². The first kappa shape index (κ1) is 13.6. The standard InChI is InChI=1S/C10H13BrN2O4S/c11-8-1-2-10(14)9(7-8)12-18(15,16)13-3-5-17-6-4-13/h1-2,7,12,14H,3-6H2. The monoisotopic (exact) mass is 336 g/mol. The molecule has 18 heavy (non-hydrogen) atoms. The fraction of sp³-hybridized carbons (Fsp3) is 0.400. The van der Waals surface area contributed by atoms with Gasteiger partial charge in [-0.1, -0.05) is 15.9 Å². The molecule has 0 spiro atoms. The van der Waals surface area contributed by atoms with E-state index in [9.17, 15) is 13.5 Å². The Labute approximate surface area is 114 Å². The highest BCUT2D eigenvalue weighted by molar-refractivity contribution is 9.10. The van der Waals surface area contributed by atoms with Crippen molar-refractivity contribution in [1.29, 1.82) is 0 Å². The molecule has 0 aromatic heterocycles. The number of nitrogens with zero attached hydrogens (tertiary/aromatic N) is 1. The van der Waals surface area contributed by atoms with Gasteiger partial charge in [-0.3, -0.25) is 4.72 Å². The van der Waals surface area contributed by atoms with E-state index in [2.05, 4.69) is 20.7 Å². The average molecular weight is 337 g/mol. The maximum atomic E-state index is 12.1. The van der Waals surface area contributed by atoms with Gasteiger partial charge in [-0.25, -0.2) is 0 Å². The van der Waals surface area contributed by atoms with Crippen LogP contribution in [0.3, 0.4) is 0 Å². The lowest BCUT2D eigenvalue weighted by atomic mass is 10.3. The predicted octanol–water partition coefficient (Wildman–Crippen LogP) is 1.14. The summed E-state index contributed by atoms with van der Waals surface area (Å²) in [6.07, 6.45) is 0. The molecule has 0 saturated carbocycles. The maximum absolute atomic E-state index is 12.1. The molecule has 0 bridgehead atoms. The Balaban J connectivity index is 2.18. The van der Waals surface area contributed by atoms with Gasteiger partial charge in [0.05, 0.1) is 18.9 Å². The number of halogens is 1. The van der Waals surface area contributed by atoms with Crippen LogP contribution in [0.5, 0.6) is 5.75 Å². The zero-order valence-corrected chi connectivity index (χ0v) is 11.9. The van der Waals surface area contributed by atoms with Gasteiger partial charge in [0, 0.05) is 17.6 Å². The van der Waals surface area contributed by atoms with Crippen LogP contribution < -0.4 is 4.72 Å². The van der Waals surface area contributed by atoms with E-state index in [4.69, 9.17) is 4.74 Å². The number of rotatable bonds is 3.